The minimum Gasteiger partial charge on any atom is -0.352 e. The Labute approximate surface area is 158 Å². The lowest BCUT2D eigenvalue weighted by Gasteiger charge is -2.15. The van der Waals surface area contributed by atoms with Crippen LogP contribution in [0.1, 0.15) is 65.6 Å². The van der Waals surface area contributed by atoms with Crippen LogP contribution in [0, 0.1) is 13.8 Å². The topological polar surface area (TPSA) is 77.6 Å². The number of nitrogens with one attached hydrogen (secondary N) is 1. The standard InChI is InChI=1S/C20H26N6O/c1-12-9-14(3)26(24-12)13(2)7-8-21-20(27)16-10-18(15-5-6-15)23-19-17(16)11-22-25(19)4/h9-11,13,15H,5-8H2,1-4H3,(H,21,27)/t13-/m0/s1. The number of hydrogen-bond acceptors (Lipinski definition) is 4. The first-order chi connectivity index (χ1) is 12.9. The van der Waals surface area contributed by atoms with Gasteiger partial charge in [0.1, 0.15) is 0 Å². The molecular formula is C20H26N6O. The van der Waals surface area contributed by atoms with Crippen molar-refractivity contribution in [3.05, 3.63) is 41.0 Å². The van der Waals surface area contributed by atoms with E-state index in [1.807, 2.05) is 24.7 Å². The number of nitrogens with zero attached hydrogens (tertiary/aromatic N) is 5. The summed E-state index contributed by atoms with van der Waals surface area (Å²) in [6.07, 6.45) is 4.85. The summed E-state index contributed by atoms with van der Waals surface area (Å²) < 4.78 is 3.77. The van der Waals surface area contributed by atoms with Crippen molar-refractivity contribution in [1.82, 2.24) is 29.9 Å². The lowest BCUT2D eigenvalue weighted by Crippen LogP contribution is -2.27. The molecule has 1 amide bonds. The van der Waals surface area contributed by atoms with E-state index in [0.717, 1.165) is 47.4 Å². The SMILES string of the molecule is Cc1cc(C)n([C@@H](C)CCNC(=O)c2cc(C3CC3)nc3c2cnn3C)n1. The van der Waals surface area contributed by atoms with Crippen LogP contribution in [0.5, 0.6) is 0 Å². The number of pyridine rings is 1. The van der Waals surface area contributed by atoms with E-state index >= 15 is 0 Å². The van der Waals surface area contributed by atoms with Gasteiger partial charge in [0.25, 0.3) is 5.91 Å². The molecule has 0 aromatic carbocycles. The minimum atomic E-state index is -0.0575. The van der Waals surface area contributed by atoms with Gasteiger partial charge < -0.3 is 5.32 Å². The molecule has 4 rings (SSSR count). The normalized spacial score (nSPS) is 15.3. The van der Waals surface area contributed by atoms with Crippen LogP contribution in [0.15, 0.2) is 18.3 Å². The summed E-state index contributed by atoms with van der Waals surface area (Å²) in [6, 6.07) is 4.25. The molecule has 1 fully saturated rings. The van der Waals surface area contributed by atoms with Crippen LogP contribution in [-0.2, 0) is 7.05 Å². The summed E-state index contributed by atoms with van der Waals surface area (Å²) in [5.74, 6) is 0.430. The second kappa shape index (κ2) is 6.79. The van der Waals surface area contributed by atoms with Gasteiger partial charge in [-0.15, -0.1) is 0 Å². The molecule has 7 heteroatoms. The number of aryl methyl sites for hydroxylation is 3. The maximum absolute atomic E-state index is 12.9. The first-order valence-electron chi connectivity index (χ1n) is 9.57. The summed E-state index contributed by atoms with van der Waals surface area (Å²) in [5.41, 5.74) is 4.62. The molecule has 0 saturated heterocycles. The molecule has 1 aliphatic carbocycles. The fourth-order valence-electron chi connectivity index (χ4n) is 3.61. The smallest absolute Gasteiger partial charge is 0.252 e. The van der Waals surface area contributed by atoms with Gasteiger partial charge in [0.2, 0.25) is 0 Å². The number of carbonyl (C=O) groups is 1. The van der Waals surface area contributed by atoms with Crippen molar-refractivity contribution in [3.8, 4) is 0 Å². The second-order valence-electron chi connectivity index (χ2n) is 7.64. The maximum Gasteiger partial charge on any atom is 0.252 e. The van der Waals surface area contributed by atoms with E-state index < -0.39 is 0 Å². The molecule has 0 aliphatic heterocycles. The van der Waals surface area contributed by atoms with Crippen molar-refractivity contribution >= 4 is 16.9 Å². The van der Waals surface area contributed by atoms with Gasteiger partial charge in [0, 0.05) is 30.9 Å². The summed E-state index contributed by atoms with van der Waals surface area (Å²) in [5, 5.41) is 12.7. The quantitative estimate of drug-likeness (QED) is 0.727. The Kier molecular flexibility index (Phi) is 4.45. The van der Waals surface area contributed by atoms with E-state index in [0.29, 0.717) is 18.0 Å². The van der Waals surface area contributed by atoms with Crippen molar-refractivity contribution in [3.63, 3.8) is 0 Å². The maximum atomic E-state index is 12.9. The lowest BCUT2D eigenvalue weighted by molar-refractivity contribution is 0.0953. The number of aromatic nitrogens is 5. The van der Waals surface area contributed by atoms with E-state index in [2.05, 4.69) is 35.4 Å². The first kappa shape index (κ1) is 17.7. The third-order valence-corrected chi connectivity index (χ3v) is 5.27. The van der Waals surface area contributed by atoms with Crippen molar-refractivity contribution < 1.29 is 4.79 Å². The zero-order valence-electron chi connectivity index (χ0n) is 16.4. The molecule has 0 radical (unpaired) electrons. The number of rotatable bonds is 6. The Morgan fingerprint density at radius 2 is 2.11 bits per heavy atom. The minimum absolute atomic E-state index is 0.0575. The molecule has 3 aromatic heterocycles. The summed E-state index contributed by atoms with van der Waals surface area (Å²) >= 11 is 0. The fraction of sp³-hybridized carbons (Fsp3) is 0.500. The highest BCUT2D eigenvalue weighted by atomic mass is 16.1. The predicted octanol–water partition coefficient (Wildman–Crippen LogP) is 3.04. The summed E-state index contributed by atoms with van der Waals surface area (Å²) in [4.78, 5) is 17.6. The highest BCUT2D eigenvalue weighted by molar-refractivity contribution is 6.05. The van der Waals surface area contributed by atoms with Crippen LogP contribution in [-0.4, -0.2) is 37.0 Å². The molecule has 1 atom stereocenters. The van der Waals surface area contributed by atoms with Crippen LogP contribution >= 0.6 is 0 Å². The molecule has 1 aliphatic rings. The van der Waals surface area contributed by atoms with Crippen molar-refractivity contribution in [2.24, 2.45) is 7.05 Å². The molecule has 1 N–H and O–H groups in total. The molecule has 3 aromatic rings. The molecule has 7 nitrogen and oxygen atoms in total. The van der Waals surface area contributed by atoms with Gasteiger partial charge in [-0.25, -0.2) is 4.98 Å². The van der Waals surface area contributed by atoms with Gasteiger partial charge in [-0.05, 0) is 52.2 Å². The molecule has 0 unspecified atom stereocenters. The Bertz CT molecular complexity index is 997. The third kappa shape index (κ3) is 3.46. The van der Waals surface area contributed by atoms with Gasteiger partial charge in [0.05, 0.1) is 28.9 Å². The van der Waals surface area contributed by atoms with E-state index in [1.54, 1.807) is 10.9 Å². The van der Waals surface area contributed by atoms with Crippen molar-refractivity contribution in [1.29, 1.82) is 0 Å². The van der Waals surface area contributed by atoms with Gasteiger partial charge >= 0.3 is 0 Å². The second-order valence-corrected chi connectivity index (χ2v) is 7.64. The van der Waals surface area contributed by atoms with Crippen molar-refractivity contribution in [2.45, 2.75) is 52.0 Å². The zero-order chi connectivity index (χ0) is 19.1. The molecule has 27 heavy (non-hydrogen) atoms. The number of carbonyl (C=O) groups excluding carboxylic acids is 1. The number of hydrogen-bond donors (Lipinski definition) is 1. The van der Waals surface area contributed by atoms with Gasteiger partial charge in [0.15, 0.2) is 5.65 Å². The number of amides is 1. The fourth-order valence-corrected chi connectivity index (χ4v) is 3.61. The summed E-state index contributed by atoms with van der Waals surface area (Å²) in [7, 11) is 1.86. The van der Waals surface area contributed by atoms with Crippen LogP contribution in [0.25, 0.3) is 11.0 Å². The lowest BCUT2D eigenvalue weighted by atomic mass is 10.1. The Balaban J connectivity index is 1.47. The van der Waals surface area contributed by atoms with Crippen LogP contribution in [0.4, 0.5) is 0 Å². The highest BCUT2D eigenvalue weighted by Crippen LogP contribution is 2.40. The number of fused-ring (bicyclic) bond motifs is 1. The van der Waals surface area contributed by atoms with Gasteiger partial charge in [-0.1, -0.05) is 0 Å². The molecule has 1 saturated carbocycles. The highest BCUT2D eigenvalue weighted by Gasteiger charge is 2.27. The van der Waals surface area contributed by atoms with Crippen LogP contribution in [0.3, 0.4) is 0 Å². The van der Waals surface area contributed by atoms with Crippen LogP contribution < -0.4 is 5.32 Å². The van der Waals surface area contributed by atoms with Crippen LogP contribution in [0.2, 0.25) is 0 Å². The van der Waals surface area contributed by atoms with E-state index in [-0.39, 0.29) is 11.9 Å². The van der Waals surface area contributed by atoms with Crippen molar-refractivity contribution in [2.75, 3.05) is 6.54 Å². The third-order valence-electron chi connectivity index (χ3n) is 5.27. The average Bonchev–Trinajstić information content (AvgIpc) is 3.34. The Hall–Kier alpha value is -2.70. The molecule has 0 bridgehead atoms. The van der Waals surface area contributed by atoms with E-state index in [4.69, 9.17) is 4.98 Å². The average molecular weight is 366 g/mol. The predicted molar refractivity (Wildman–Crippen MR) is 104 cm³/mol. The van der Waals surface area contributed by atoms with E-state index in [1.165, 1.54) is 0 Å². The molecule has 142 valence electrons. The Morgan fingerprint density at radius 1 is 1.33 bits per heavy atom. The monoisotopic (exact) mass is 366 g/mol. The molecule has 3 heterocycles. The first-order valence-corrected chi connectivity index (χ1v) is 9.57. The zero-order valence-corrected chi connectivity index (χ0v) is 16.4. The van der Waals surface area contributed by atoms with E-state index in [9.17, 15) is 4.79 Å². The molecular weight excluding hydrogens is 340 g/mol. The molecule has 0 spiro atoms. The Morgan fingerprint density at radius 3 is 2.78 bits per heavy atom. The van der Waals surface area contributed by atoms with Gasteiger partial charge in [-0.2, -0.15) is 10.2 Å². The largest absolute Gasteiger partial charge is 0.352 e. The van der Waals surface area contributed by atoms with Gasteiger partial charge in [-0.3, -0.25) is 14.2 Å². The summed E-state index contributed by atoms with van der Waals surface area (Å²) in [6.45, 7) is 6.78.